The highest BCUT2D eigenvalue weighted by Gasteiger charge is 2.05. The molecule has 1 aromatic rings. The van der Waals surface area contributed by atoms with Crippen LogP contribution < -0.4 is 9.47 Å². The van der Waals surface area contributed by atoms with Crippen molar-refractivity contribution in [1.82, 2.24) is 0 Å². The Balaban J connectivity index is 2.49. The molecule has 0 unspecified atom stereocenters. The maximum absolute atomic E-state index is 10.6. The average molecular weight is 238 g/mol. The van der Waals surface area contributed by atoms with Crippen molar-refractivity contribution >= 4 is 6.29 Å². The van der Waals surface area contributed by atoms with E-state index in [2.05, 4.69) is 6.92 Å². The van der Waals surface area contributed by atoms with Crippen LogP contribution in [0.3, 0.4) is 0 Å². The van der Waals surface area contributed by atoms with Gasteiger partial charge in [-0.2, -0.15) is 0 Å². The Morgan fingerprint density at radius 1 is 1.18 bits per heavy atom. The number of rotatable bonds is 8. The SMILES string of the molecule is CCCOCCOc1ccc(C=O)cc1OC. The van der Waals surface area contributed by atoms with Gasteiger partial charge in [0.05, 0.1) is 13.7 Å². The minimum Gasteiger partial charge on any atom is -0.493 e. The van der Waals surface area contributed by atoms with Crippen LogP contribution in [0.4, 0.5) is 0 Å². The van der Waals surface area contributed by atoms with E-state index in [-0.39, 0.29) is 0 Å². The Morgan fingerprint density at radius 3 is 2.65 bits per heavy atom. The maximum Gasteiger partial charge on any atom is 0.161 e. The highest BCUT2D eigenvalue weighted by atomic mass is 16.5. The lowest BCUT2D eigenvalue weighted by Gasteiger charge is -2.11. The first-order valence-electron chi connectivity index (χ1n) is 5.65. The zero-order valence-corrected chi connectivity index (χ0v) is 10.3. The van der Waals surface area contributed by atoms with Gasteiger partial charge in [-0.25, -0.2) is 0 Å². The van der Waals surface area contributed by atoms with E-state index in [1.165, 1.54) is 0 Å². The van der Waals surface area contributed by atoms with Crippen LogP contribution in [0, 0.1) is 0 Å². The van der Waals surface area contributed by atoms with Crippen molar-refractivity contribution in [3.05, 3.63) is 23.8 Å². The zero-order chi connectivity index (χ0) is 12.5. The Labute approximate surface area is 101 Å². The second-order valence-corrected chi connectivity index (χ2v) is 3.49. The number of hydrogen-bond donors (Lipinski definition) is 0. The summed E-state index contributed by atoms with van der Waals surface area (Å²) in [5.74, 6) is 1.18. The Bertz CT molecular complexity index is 349. The molecule has 0 aromatic heterocycles. The van der Waals surface area contributed by atoms with Crippen molar-refractivity contribution in [3.63, 3.8) is 0 Å². The van der Waals surface area contributed by atoms with Gasteiger partial charge in [0.15, 0.2) is 11.5 Å². The summed E-state index contributed by atoms with van der Waals surface area (Å²) in [7, 11) is 1.55. The third-order valence-corrected chi connectivity index (χ3v) is 2.16. The van der Waals surface area contributed by atoms with E-state index in [9.17, 15) is 4.79 Å². The van der Waals surface area contributed by atoms with Crippen LogP contribution in [0.2, 0.25) is 0 Å². The fraction of sp³-hybridized carbons (Fsp3) is 0.462. The molecule has 0 aliphatic carbocycles. The van der Waals surface area contributed by atoms with E-state index in [1.54, 1.807) is 25.3 Å². The summed E-state index contributed by atoms with van der Waals surface area (Å²) < 4.78 is 16.0. The van der Waals surface area contributed by atoms with Gasteiger partial charge in [0.25, 0.3) is 0 Å². The second kappa shape index (κ2) is 7.68. The zero-order valence-electron chi connectivity index (χ0n) is 10.3. The molecule has 0 N–H and O–H groups in total. The lowest BCUT2D eigenvalue weighted by molar-refractivity contribution is 0.0994. The van der Waals surface area contributed by atoms with Gasteiger partial charge in [0.1, 0.15) is 12.9 Å². The smallest absolute Gasteiger partial charge is 0.161 e. The van der Waals surface area contributed by atoms with Crippen LogP contribution in [0.25, 0.3) is 0 Å². The highest BCUT2D eigenvalue weighted by Crippen LogP contribution is 2.27. The first kappa shape index (κ1) is 13.5. The topological polar surface area (TPSA) is 44.8 Å². The van der Waals surface area contributed by atoms with E-state index in [0.29, 0.717) is 30.3 Å². The number of carbonyl (C=O) groups is 1. The first-order valence-corrected chi connectivity index (χ1v) is 5.65. The van der Waals surface area contributed by atoms with Crippen molar-refractivity contribution in [2.75, 3.05) is 26.9 Å². The van der Waals surface area contributed by atoms with E-state index < -0.39 is 0 Å². The molecule has 0 heterocycles. The minimum atomic E-state index is 0.469. The van der Waals surface area contributed by atoms with Gasteiger partial charge in [0, 0.05) is 12.2 Å². The molecule has 0 saturated heterocycles. The second-order valence-electron chi connectivity index (χ2n) is 3.49. The van der Waals surface area contributed by atoms with Crippen molar-refractivity contribution in [2.24, 2.45) is 0 Å². The number of ether oxygens (including phenoxy) is 3. The predicted octanol–water partition coefficient (Wildman–Crippen LogP) is 2.31. The summed E-state index contributed by atoms with van der Waals surface area (Å²) in [5.41, 5.74) is 0.566. The van der Waals surface area contributed by atoms with Crippen LogP contribution in [-0.4, -0.2) is 33.2 Å². The molecule has 17 heavy (non-hydrogen) atoms. The van der Waals surface area contributed by atoms with Gasteiger partial charge >= 0.3 is 0 Å². The first-order chi connectivity index (χ1) is 8.31. The Morgan fingerprint density at radius 2 is 2.00 bits per heavy atom. The summed E-state index contributed by atoms with van der Waals surface area (Å²) in [5, 5.41) is 0. The van der Waals surface area contributed by atoms with Gasteiger partial charge in [-0.15, -0.1) is 0 Å². The molecule has 0 amide bonds. The summed E-state index contributed by atoms with van der Waals surface area (Å²) in [4.78, 5) is 10.6. The molecule has 0 spiro atoms. The predicted molar refractivity (Wildman–Crippen MR) is 65.0 cm³/mol. The molecule has 0 aliphatic heterocycles. The van der Waals surface area contributed by atoms with Crippen LogP contribution in [0.1, 0.15) is 23.7 Å². The number of aldehydes is 1. The van der Waals surface area contributed by atoms with Gasteiger partial charge < -0.3 is 14.2 Å². The molecule has 4 nitrogen and oxygen atoms in total. The number of methoxy groups -OCH3 is 1. The number of benzene rings is 1. The lowest BCUT2D eigenvalue weighted by Crippen LogP contribution is -2.07. The molecule has 94 valence electrons. The number of carbonyl (C=O) groups excluding carboxylic acids is 1. The molecule has 0 fully saturated rings. The fourth-order valence-corrected chi connectivity index (χ4v) is 1.33. The Hall–Kier alpha value is -1.55. The quantitative estimate of drug-likeness (QED) is 0.515. The summed E-state index contributed by atoms with van der Waals surface area (Å²) in [6.07, 6.45) is 1.77. The van der Waals surface area contributed by atoms with Crippen LogP contribution >= 0.6 is 0 Å². The standard InChI is InChI=1S/C13H18O4/c1-3-6-16-7-8-17-12-5-4-11(10-14)9-13(12)15-2/h4-5,9-10H,3,6-8H2,1-2H3. The third kappa shape index (κ3) is 4.44. The monoisotopic (exact) mass is 238 g/mol. The van der Waals surface area contributed by atoms with Gasteiger partial charge in [-0.1, -0.05) is 6.92 Å². The molecule has 1 rings (SSSR count). The van der Waals surface area contributed by atoms with Gasteiger partial charge in [-0.3, -0.25) is 4.79 Å². The molecular formula is C13H18O4. The van der Waals surface area contributed by atoms with Crippen LogP contribution in [-0.2, 0) is 4.74 Å². The van der Waals surface area contributed by atoms with Crippen LogP contribution in [0.15, 0.2) is 18.2 Å². The fourth-order valence-electron chi connectivity index (χ4n) is 1.33. The molecule has 0 saturated carbocycles. The largest absolute Gasteiger partial charge is 0.493 e. The van der Waals surface area contributed by atoms with Crippen molar-refractivity contribution in [3.8, 4) is 11.5 Å². The maximum atomic E-state index is 10.6. The average Bonchev–Trinajstić information content (AvgIpc) is 2.38. The van der Waals surface area contributed by atoms with Gasteiger partial charge in [-0.05, 0) is 24.6 Å². The van der Waals surface area contributed by atoms with E-state index >= 15 is 0 Å². The van der Waals surface area contributed by atoms with E-state index in [0.717, 1.165) is 19.3 Å². The molecule has 0 radical (unpaired) electrons. The van der Waals surface area contributed by atoms with E-state index in [1.807, 2.05) is 0 Å². The van der Waals surface area contributed by atoms with Crippen molar-refractivity contribution in [2.45, 2.75) is 13.3 Å². The van der Waals surface area contributed by atoms with Crippen molar-refractivity contribution < 1.29 is 19.0 Å². The summed E-state index contributed by atoms with van der Waals surface area (Å²) in [6, 6.07) is 5.06. The lowest BCUT2D eigenvalue weighted by atomic mass is 10.2. The highest BCUT2D eigenvalue weighted by molar-refractivity contribution is 5.76. The molecule has 4 heteroatoms. The third-order valence-electron chi connectivity index (χ3n) is 2.16. The van der Waals surface area contributed by atoms with Crippen molar-refractivity contribution in [1.29, 1.82) is 0 Å². The summed E-state index contributed by atoms with van der Waals surface area (Å²) >= 11 is 0. The van der Waals surface area contributed by atoms with E-state index in [4.69, 9.17) is 14.2 Å². The molecule has 0 bridgehead atoms. The molecular weight excluding hydrogens is 220 g/mol. The Kier molecular flexibility index (Phi) is 6.10. The normalized spacial score (nSPS) is 10.0. The van der Waals surface area contributed by atoms with Crippen LogP contribution in [0.5, 0.6) is 11.5 Å². The minimum absolute atomic E-state index is 0.469. The summed E-state index contributed by atoms with van der Waals surface area (Å²) in [6.45, 7) is 3.82. The molecule has 0 atom stereocenters. The molecule has 0 aliphatic rings. The molecule has 1 aromatic carbocycles. The number of hydrogen-bond acceptors (Lipinski definition) is 4. The van der Waals surface area contributed by atoms with Gasteiger partial charge in [0.2, 0.25) is 0 Å².